The van der Waals surface area contributed by atoms with Gasteiger partial charge in [-0.25, -0.2) is 0 Å². The molecule has 5 heteroatoms. The van der Waals surface area contributed by atoms with Gasteiger partial charge in [0.15, 0.2) is 12.1 Å². The Morgan fingerprint density at radius 1 is 1.14 bits per heavy atom. The summed E-state index contributed by atoms with van der Waals surface area (Å²) in [6, 6.07) is 7.84. The number of hydrogen-bond acceptors (Lipinski definition) is 5. The van der Waals surface area contributed by atoms with E-state index in [-0.39, 0.29) is 18.3 Å². The molecule has 3 rings (SSSR count). The van der Waals surface area contributed by atoms with Crippen LogP contribution < -0.4 is 4.74 Å². The van der Waals surface area contributed by atoms with Crippen molar-refractivity contribution < 1.29 is 23.7 Å². The standard InChI is InChI=1S/C17H22O5/c1-17(2)21-14-13(20-16(19-4)15(14)22-17)9-8-11-6-5-7-12(10-11)18-3/h5-10,13-16H,1-4H3/b9-8+/t13-,14-,15-,16?/m1/s1. The van der Waals surface area contributed by atoms with E-state index in [1.54, 1.807) is 14.2 Å². The van der Waals surface area contributed by atoms with Crippen molar-refractivity contribution in [2.45, 2.75) is 44.2 Å². The van der Waals surface area contributed by atoms with Crippen LogP contribution in [0.5, 0.6) is 5.75 Å². The lowest BCUT2D eigenvalue weighted by Gasteiger charge is -2.22. The van der Waals surface area contributed by atoms with Gasteiger partial charge in [-0.05, 0) is 31.5 Å². The Kier molecular flexibility index (Phi) is 4.23. The average Bonchev–Trinajstić information content (AvgIpc) is 2.98. The number of methoxy groups -OCH3 is 2. The van der Waals surface area contributed by atoms with Crippen molar-refractivity contribution in [3.8, 4) is 5.75 Å². The van der Waals surface area contributed by atoms with Crippen molar-refractivity contribution in [1.29, 1.82) is 0 Å². The summed E-state index contributed by atoms with van der Waals surface area (Å²) in [5.74, 6) is 0.210. The molecule has 2 heterocycles. The second kappa shape index (κ2) is 6.01. The summed E-state index contributed by atoms with van der Waals surface area (Å²) >= 11 is 0. The highest BCUT2D eigenvalue weighted by molar-refractivity contribution is 5.52. The third kappa shape index (κ3) is 3.03. The maximum Gasteiger partial charge on any atom is 0.187 e. The van der Waals surface area contributed by atoms with Gasteiger partial charge in [-0.15, -0.1) is 0 Å². The number of fused-ring (bicyclic) bond motifs is 1. The predicted molar refractivity (Wildman–Crippen MR) is 81.5 cm³/mol. The van der Waals surface area contributed by atoms with E-state index in [4.69, 9.17) is 23.7 Å². The van der Waals surface area contributed by atoms with Gasteiger partial charge < -0.3 is 23.7 Å². The highest BCUT2D eigenvalue weighted by atomic mass is 16.8. The normalized spacial score (nSPS) is 33.3. The monoisotopic (exact) mass is 306 g/mol. The van der Waals surface area contributed by atoms with E-state index in [1.807, 2.05) is 50.3 Å². The highest BCUT2D eigenvalue weighted by Crippen LogP contribution is 2.39. The first-order valence-corrected chi connectivity index (χ1v) is 7.38. The molecule has 2 fully saturated rings. The first kappa shape index (κ1) is 15.5. The van der Waals surface area contributed by atoms with E-state index in [1.165, 1.54) is 0 Å². The van der Waals surface area contributed by atoms with Gasteiger partial charge in [-0.2, -0.15) is 0 Å². The topological polar surface area (TPSA) is 46.2 Å². The van der Waals surface area contributed by atoms with E-state index < -0.39 is 12.1 Å². The van der Waals surface area contributed by atoms with Crippen molar-refractivity contribution in [1.82, 2.24) is 0 Å². The molecule has 1 aromatic carbocycles. The molecule has 0 spiro atoms. The summed E-state index contributed by atoms with van der Waals surface area (Å²) in [4.78, 5) is 0. The molecule has 0 aliphatic carbocycles. The number of ether oxygens (including phenoxy) is 5. The van der Waals surface area contributed by atoms with Crippen molar-refractivity contribution in [2.75, 3.05) is 14.2 Å². The minimum Gasteiger partial charge on any atom is -0.497 e. The van der Waals surface area contributed by atoms with Crippen LogP contribution in [0.4, 0.5) is 0 Å². The number of hydrogen-bond donors (Lipinski definition) is 0. The van der Waals surface area contributed by atoms with Crippen molar-refractivity contribution in [3.63, 3.8) is 0 Å². The largest absolute Gasteiger partial charge is 0.497 e. The first-order chi connectivity index (χ1) is 10.5. The first-order valence-electron chi connectivity index (χ1n) is 7.38. The number of benzene rings is 1. The molecule has 2 saturated heterocycles. The molecule has 0 bridgehead atoms. The van der Waals surface area contributed by atoms with Gasteiger partial charge in [0.1, 0.15) is 24.1 Å². The lowest BCUT2D eigenvalue weighted by atomic mass is 10.1. The van der Waals surface area contributed by atoms with Crippen LogP contribution >= 0.6 is 0 Å². The van der Waals surface area contributed by atoms with Gasteiger partial charge >= 0.3 is 0 Å². The fourth-order valence-corrected chi connectivity index (χ4v) is 2.89. The van der Waals surface area contributed by atoms with Crippen molar-refractivity contribution in [2.24, 2.45) is 0 Å². The molecule has 2 aliphatic heterocycles. The van der Waals surface area contributed by atoms with Crippen LogP contribution in [0.25, 0.3) is 6.08 Å². The summed E-state index contributed by atoms with van der Waals surface area (Å²) < 4.78 is 28.3. The fraction of sp³-hybridized carbons (Fsp3) is 0.529. The van der Waals surface area contributed by atoms with E-state index in [0.717, 1.165) is 11.3 Å². The molecule has 0 aromatic heterocycles. The summed E-state index contributed by atoms with van der Waals surface area (Å²) in [6.07, 6.45) is 2.99. The Bertz CT molecular complexity index is 554. The van der Waals surface area contributed by atoms with Gasteiger partial charge in [-0.3, -0.25) is 0 Å². The zero-order valence-corrected chi connectivity index (χ0v) is 13.3. The van der Waals surface area contributed by atoms with Crippen molar-refractivity contribution >= 4 is 6.08 Å². The Hall–Kier alpha value is -1.40. The lowest BCUT2D eigenvalue weighted by molar-refractivity contribution is -0.221. The maximum absolute atomic E-state index is 5.95. The SMILES string of the molecule is COc1cccc(/C=C/[C@H]2OC(OC)[C@@H]3OC(C)(C)O[C@H]23)c1. The molecule has 0 saturated carbocycles. The molecule has 2 aliphatic rings. The lowest BCUT2D eigenvalue weighted by Crippen LogP contribution is -2.30. The molecule has 4 atom stereocenters. The molecule has 120 valence electrons. The quantitative estimate of drug-likeness (QED) is 0.855. The predicted octanol–water partition coefficient (Wildman–Crippen LogP) is 2.60. The Balaban J connectivity index is 1.75. The van der Waals surface area contributed by atoms with Crippen LogP contribution in [0.3, 0.4) is 0 Å². The molecule has 0 amide bonds. The van der Waals surface area contributed by atoms with Gasteiger partial charge in [-0.1, -0.05) is 24.3 Å². The zero-order chi connectivity index (χ0) is 15.7. The van der Waals surface area contributed by atoms with Crippen molar-refractivity contribution in [3.05, 3.63) is 35.9 Å². The Labute approximate surface area is 130 Å². The zero-order valence-electron chi connectivity index (χ0n) is 13.3. The molecule has 1 unspecified atom stereocenters. The molecule has 0 radical (unpaired) electrons. The molecular weight excluding hydrogens is 284 g/mol. The third-order valence-corrected chi connectivity index (χ3v) is 3.85. The molecule has 22 heavy (non-hydrogen) atoms. The Morgan fingerprint density at radius 2 is 1.91 bits per heavy atom. The van der Waals surface area contributed by atoms with Crippen LogP contribution in [0, 0.1) is 0 Å². The third-order valence-electron chi connectivity index (χ3n) is 3.85. The van der Waals surface area contributed by atoms with E-state index >= 15 is 0 Å². The number of rotatable bonds is 4. The summed E-state index contributed by atoms with van der Waals surface area (Å²) in [5.41, 5.74) is 1.04. The van der Waals surface area contributed by atoms with E-state index in [0.29, 0.717) is 0 Å². The summed E-state index contributed by atoms with van der Waals surface area (Å²) in [7, 11) is 3.27. The summed E-state index contributed by atoms with van der Waals surface area (Å²) in [5, 5.41) is 0. The minimum absolute atomic E-state index is 0.165. The second-order valence-corrected chi connectivity index (χ2v) is 5.91. The van der Waals surface area contributed by atoms with E-state index in [2.05, 4.69) is 0 Å². The van der Waals surface area contributed by atoms with Crippen LogP contribution in [0.2, 0.25) is 0 Å². The minimum atomic E-state index is -0.613. The van der Waals surface area contributed by atoms with Crippen LogP contribution in [-0.2, 0) is 18.9 Å². The van der Waals surface area contributed by atoms with Gasteiger partial charge in [0.05, 0.1) is 7.11 Å². The van der Waals surface area contributed by atoms with Crippen LogP contribution in [0.1, 0.15) is 19.4 Å². The van der Waals surface area contributed by atoms with Crippen LogP contribution in [-0.4, -0.2) is 44.6 Å². The molecule has 1 aromatic rings. The fourth-order valence-electron chi connectivity index (χ4n) is 2.89. The molecule has 5 nitrogen and oxygen atoms in total. The van der Waals surface area contributed by atoms with Gasteiger partial charge in [0, 0.05) is 7.11 Å². The smallest absolute Gasteiger partial charge is 0.187 e. The average molecular weight is 306 g/mol. The highest BCUT2D eigenvalue weighted by Gasteiger charge is 2.54. The molecule has 0 N–H and O–H groups in total. The van der Waals surface area contributed by atoms with Crippen LogP contribution in [0.15, 0.2) is 30.3 Å². The second-order valence-electron chi connectivity index (χ2n) is 5.91. The van der Waals surface area contributed by atoms with Gasteiger partial charge in [0.25, 0.3) is 0 Å². The summed E-state index contributed by atoms with van der Waals surface area (Å²) in [6.45, 7) is 3.81. The maximum atomic E-state index is 5.95. The van der Waals surface area contributed by atoms with Gasteiger partial charge in [0.2, 0.25) is 0 Å². The molecular formula is C17H22O5. The van der Waals surface area contributed by atoms with E-state index in [9.17, 15) is 0 Å². The Morgan fingerprint density at radius 3 is 2.64 bits per heavy atom.